The maximum Gasteiger partial charge on any atom is 0.184 e. The van der Waals surface area contributed by atoms with E-state index in [-0.39, 0.29) is 0 Å². The molecule has 0 aliphatic heterocycles. The molecule has 0 aromatic carbocycles. The Morgan fingerprint density at radius 1 is 1.15 bits per heavy atom. The highest BCUT2D eigenvalue weighted by Crippen LogP contribution is 2.25. The van der Waals surface area contributed by atoms with Gasteiger partial charge in [0, 0.05) is 36.4 Å². The van der Waals surface area contributed by atoms with Crippen LogP contribution in [0.2, 0.25) is 0 Å². The van der Waals surface area contributed by atoms with Gasteiger partial charge in [-0.05, 0) is 43.5 Å². The molecule has 0 aliphatic rings. The summed E-state index contributed by atoms with van der Waals surface area (Å²) in [6, 6.07) is 8.17. The normalized spacial score (nSPS) is 11.3. The van der Waals surface area contributed by atoms with Gasteiger partial charge in [0.2, 0.25) is 0 Å². The molecule has 0 amide bonds. The molecule has 4 rings (SSSR count). The van der Waals surface area contributed by atoms with Crippen LogP contribution in [0.1, 0.15) is 35.9 Å². The summed E-state index contributed by atoms with van der Waals surface area (Å²) in [5.74, 6) is 0.928. The summed E-state index contributed by atoms with van der Waals surface area (Å²) < 4.78 is 1.87. The Morgan fingerprint density at radius 3 is 2.81 bits per heavy atom. The molecule has 6 heteroatoms. The maximum absolute atomic E-state index is 4.87. The van der Waals surface area contributed by atoms with Crippen LogP contribution in [0.3, 0.4) is 0 Å². The molecule has 4 heterocycles. The number of hydrogen-bond acceptors (Lipinski definition) is 5. The topological polar surface area (TPSA) is 68.0 Å². The SMILES string of the molecule is CCCc1cc(NCc2cccnc2)n2nc3nc(C)cc(C)c3c2n1. The van der Waals surface area contributed by atoms with Gasteiger partial charge in [-0.25, -0.2) is 9.97 Å². The lowest BCUT2D eigenvalue weighted by Crippen LogP contribution is -2.07. The van der Waals surface area contributed by atoms with Gasteiger partial charge in [0.1, 0.15) is 5.82 Å². The van der Waals surface area contributed by atoms with E-state index in [1.165, 1.54) is 0 Å². The second-order valence-corrected chi connectivity index (χ2v) is 6.61. The number of fused-ring (bicyclic) bond motifs is 3. The number of hydrogen-bond donors (Lipinski definition) is 1. The van der Waals surface area contributed by atoms with E-state index in [4.69, 9.17) is 10.1 Å². The summed E-state index contributed by atoms with van der Waals surface area (Å²) in [7, 11) is 0. The van der Waals surface area contributed by atoms with Crippen molar-refractivity contribution in [2.75, 3.05) is 5.32 Å². The van der Waals surface area contributed by atoms with E-state index in [0.29, 0.717) is 6.54 Å². The average molecular weight is 346 g/mol. The first-order valence-electron chi connectivity index (χ1n) is 8.95. The molecule has 0 aliphatic carbocycles. The number of rotatable bonds is 5. The second kappa shape index (κ2) is 6.71. The quantitative estimate of drug-likeness (QED) is 0.594. The highest BCUT2D eigenvalue weighted by molar-refractivity contribution is 5.93. The second-order valence-electron chi connectivity index (χ2n) is 6.61. The van der Waals surface area contributed by atoms with E-state index >= 15 is 0 Å². The lowest BCUT2D eigenvalue weighted by molar-refractivity contribution is 0.858. The van der Waals surface area contributed by atoms with Crippen molar-refractivity contribution in [3.8, 4) is 0 Å². The summed E-state index contributed by atoms with van der Waals surface area (Å²) in [6.45, 7) is 6.93. The zero-order chi connectivity index (χ0) is 18.1. The highest BCUT2D eigenvalue weighted by atomic mass is 15.3. The van der Waals surface area contributed by atoms with Crippen molar-refractivity contribution < 1.29 is 0 Å². The maximum atomic E-state index is 4.87. The zero-order valence-corrected chi connectivity index (χ0v) is 15.3. The largest absolute Gasteiger partial charge is 0.366 e. The number of pyridine rings is 2. The highest BCUT2D eigenvalue weighted by Gasteiger charge is 2.15. The van der Waals surface area contributed by atoms with Crippen molar-refractivity contribution >= 4 is 22.5 Å². The van der Waals surface area contributed by atoms with Crippen LogP contribution >= 0.6 is 0 Å². The molecule has 0 spiro atoms. The van der Waals surface area contributed by atoms with Gasteiger partial charge in [0.25, 0.3) is 0 Å². The van der Waals surface area contributed by atoms with Crippen molar-refractivity contribution in [1.29, 1.82) is 0 Å². The Kier molecular flexibility index (Phi) is 4.24. The van der Waals surface area contributed by atoms with Crippen LogP contribution in [0.25, 0.3) is 16.7 Å². The lowest BCUT2D eigenvalue weighted by Gasteiger charge is -2.10. The van der Waals surface area contributed by atoms with Gasteiger partial charge in [-0.3, -0.25) is 4.98 Å². The molecule has 6 nitrogen and oxygen atoms in total. The minimum Gasteiger partial charge on any atom is -0.366 e. The molecular weight excluding hydrogens is 324 g/mol. The molecule has 0 bridgehead atoms. The smallest absolute Gasteiger partial charge is 0.184 e. The molecule has 132 valence electrons. The van der Waals surface area contributed by atoms with Gasteiger partial charge >= 0.3 is 0 Å². The summed E-state index contributed by atoms with van der Waals surface area (Å²) in [5.41, 5.74) is 5.92. The minimum absolute atomic E-state index is 0.681. The molecule has 0 radical (unpaired) electrons. The van der Waals surface area contributed by atoms with Crippen LogP contribution in [-0.4, -0.2) is 24.6 Å². The van der Waals surface area contributed by atoms with Crippen LogP contribution in [0.15, 0.2) is 36.7 Å². The fourth-order valence-electron chi connectivity index (χ4n) is 3.28. The monoisotopic (exact) mass is 346 g/mol. The first-order chi connectivity index (χ1) is 12.7. The fraction of sp³-hybridized carbons (Fsp3) is 0.300. The predicted molar refractivity (Wildman–Crippen MR) is 103 cm³/mol. The molecule has 0 fully saturated rings. The molecule has 4 aromatic rings. The molecule has 4 aromatic heterocycles. The number of anilines is 1. The Labute approximate surface area is 152 Å². The predicted octanol–water partition coefficient (Wildman–Crippen LogP) is 3.85. The van der Waals surface area contributed by atoms with E-state index in [9.17, 15) is 0 Å². The van der Waals surface area contributed by atoms with Gasteiger partial charge in [-0.1, -0.05) is 19.4 Å². The van der Waals surface area contributed by atoms with Gasteiger partial charge in [0.05, 0.1) is 5.39 Å². The first kappa shape index (κ1) is 16.4. The summed E-state index contributed by atoms with van der Waals surface area (Å²) in [5, 5.41) is 9.23. The fourth-order valence-corrected chi connectivity index (χ4v) is 3.28. The lowest BCUT2D eigenvalue weighted by atomic mass is 10.2. The van der Waals surface area contributed by atoms with E-state index < -0.39 is 0 Å². The third kappa shape index (κ3) is 2.98. The van der Waals surface area contributed by atoms with Gasteiger partial charge < -0.3 is 5.32 Å². The Morgan fingerprint density at radius 2 is 2.04 bits per heavy atom. The third-order valence-electron chi connectivity index (χ3n) is 4.43. The number of nitrogens with one attached hydrogen (secondary N) is 1. The number of aryl methyl sites for hydroxylation is 3. The van der Waals surface area contributed by atoms with Crippen LogP contribution in [-0.2, 0) is 13.0 Å². The van der Waals surface area contributed by atoms with Crippen LogP contribution in [0, 0.1) is 13.8 Å². The average Bonchev–Trinajstić information content (AvgIpc) is 2.99. The van der Waals surface area contributed by atoms with E-state index in [1.807, 2.05) is 23.7 Å². The van der Waals surface area contributed by atoms with Crippen molar-refractivity contribution in [2.45, 2.75) is 40.2 Å². The van der Waals surface area contributed by atoms with Crippen molar-refractivity contribution in [3.63, 3.8) is 0 Å². The zero-order valence-electron chi connectivity index (χ0n) is 15.3. The summed E-state index contributed by atoms with van der Waals surface area (Å²) in [4.78, 5) is 13.6. The molecule has 26 heavy (non-hydrogen) atoms. The molecule has 0 saturated heterocycles. The molecular formula is C20H22N6. The standard InChI is InChI=1S/C20H22N6/c1-4-6-16-10-17(22-12-15-7-5-8-21-11-15)26-20(24-16)18-13(2)9-14(3)23-19(18)25-26/h5,7-11,22H,4,6,12H2,1-3H3. The molecule has 0 saturated carbocycles. The third-order valence-corrected chi connectivity index (χ3v) is 4.43. The molecule has 0 atom stereocenters. The van der Waals surface area contributed by atoms with Gasteiger partial charge in [-0.15, -0.1) is 5.10 Å². The molecule has 0 unspecified atom stereocenters. The van der Waals surface area contributed by atoms with Crippen molar-refractivity contribution in [3.05, 3.63) is 59.2 Å². The van der Waals surface area contributed by atoms with E-state index in [2.05, 4.69) is 47.3 Å². The molecule has 1 N–H and O–H groups in total. The Balaban J connectivity index is 1.85. The van der Waals surface area contributed by atoms with Crippen LogP contribution < -0.4 is 5.32 Å². The summed E-state index contributed by atoms with van der Waals surface area (Å²) >= 11 is 0. The number of nitrogens with zero attached hydrogens (tertiary/aromatic N) is 5. The first-order valence-corrected chi connectivity index (χ1v) is 8.95. The van der Waals surface area contributed by atoms with Gasteiger partial charge in [-0.2, -0.15) is 4.52 Å². The van der Waals surface area contributed by atoms with E-state index in [0.717, 1.165) is 57.9 Å². The Hall–Kier alpha value is -3.02. The van der Waals surface area contributed by atoms with Crippen molar-refractivity contribution in [1.82, 2.24) is 24.6 Å². The van der Waals surface area contributed by atoms with E-state index in [1.54, 1.807) is 6.20 Å². The van der Waals surface area contributed by atoms with Crippen LogP contribution in [0.4, 0.5) is 5.82 Å². The Bertz CT molecular complexity index is 1070. The van der Waals surface area contributed by atoms with Gasteiger partial charge in [0.15, 0.2) is 11.3 Å². The summed E-state index contributed by atoms with van der Waals surface area (Å²) in [6.07, 6.45) is 5.63. The minimum atomic E-state index is 0.681. The number of aromatic nitrogens is 5. The van der Waals surface area contributed by atoms with Crippen molar-refractivity contribution in [2.24, 2.45) is 0 Å². The van der Waals surface area contributed by atoms with Crippen LogP contribution in [0.5, 0.6) is 0 Å².